The summed E-state index contributed by atoms with van der Waals surface area (Å²) in [6, 6.07) is 0.516. The quantitative estimate of drug-likeness (QED) is 0.471. The first-order chi connectivity index (χ1) is 7.63. The number of anilines is 1. The lowest BCUT2D eigenvalue weighted by Gasteiger charge is -2.19. The van der Waals surface area contributed by atoms with Gasteiger partial charge >= 0.3 is 5.97 Å². The van der Waals surface area contributed by atoms with Gasteiger partial charge in [-0.3, -0.25) is 0 Å². The number of hydrogen-bond donors (Lipinski definition) is 1. The van der Waals surface area contributed by atoms with Crippen LogP contribution < -0.4 is 5.73 Å². The monoisotopic (exact) mass is 247 g/mol. The Labute approximate surface area is 96.4 Å². The first-order valence-electron chi connectivity index (χ1n) is 4.80. The molecular formula is C11H12F3NO2. The zero-order chi connectivity index (χ0) is 13.4. The highest BCUT2D eigenvalue weighted by atomic mass is 19.2. The van der Waals surface area contributed by atoms with Crippen LogP contribution in [0.25, 0.3) is 0 Å². The maximum Gasteiger partial charge on any atom is 0.341 e. The van der Waals surface area contributed by atoms with Crippen molar-refractivity contribution < 1.29 is 22.7 Å². The molecule has 3 nitrogen and oxygen atoms in total. The molecule has 1 rings (SSSR count). The van der Waals surface area contributed by atoms with E-state index in [2.05, 4.69) is 0 Å². The summed E-state index contributed by atoms with van der Waals surface area (Å²) in [5.74, 6) is -5.46. The topological polar surface area (TPSA) is 52.3 Å². The van der Waals surface area contributed by atoms with E-state index in [1.54, 1.807) is 20.8 Å². The second-order valence-corrected chi connectivity index (χ2v) is 4.45. The Balaban J connectivity index is 3.20. The van der Waals surface area contributed by atoms with Gasteiger partial charge < -0.3 is 10.5 Å². The fourth-order valence-electron chi connectivity index (χ4n) is 1.09. The minimum atomic E-state index is -1.59. The van der Waals surface area contributed by atoms with Gasteiger partial charge in [0.05, 0.1) is 0 Å². The third-order valence-electron chi connectivity index (χ3n) is 1.81. The van der Waals surface area contributed by atoms with E-state index >= 15 is 0 Å². The normalized spacial score (nSPS) is 11.4. The molecule has 0 heterocycles. The lowest BCUT2D eigenvalue weighted by Crippen LogP contribution is -2.25. The van der Waals surface area contributed by atoms with Crippen LogP contribution in [0.2, 0.25) is 0 Å². The second kappa shape index (κ2) is 4.27. The van der Waals surface area contributed by atoms with Gasteiger partial charge in [-0.1, -0.05) is 0 Å². The van der Waals surface area contributed by atoms with Crippen molar-refractivity contribution in [3.8, 4) is 0 Å². The molecule has 2 N–H and O–H groups in total. The predicted octanol–water partition coefficient (Wildman–Crippen LogP) is 2.64. The molecule has 0 aliphatic carbocycles. The van der Waals surface area contributed by atoms with Crippen molar-refractivity contribution in [3.63, 3.8) is 0 Å². The molecule has 0 aromatic heterocycles. The summed E-state index contributed by atoms with van der Waals surface area (Å²) in [4.78, 5) is 11.5. The van der Waals surface area contributed by atoms with E-state index in [9.17, 15) is 18.0 Å². The molecule has 0 unspecified atom stereocenters. The molecule has 0 saturated carbocycles. The number of carbonyl (C=O) groups is 1. The summed E-state index contributed by atoms with van der Waals surface area (Å²) >= 11 is 0. The van der Waals surface area contributed by atoms with E-state index in [0.29, 0.717) is 6.07 Å². The van der Waals surface area contributed by atoms with Gasteiger partial charge in [-0.25, -0.2) is 18.0 Å². The third-order valence-corrected chi connectivity index (χ3v) is 1.81. The van der Waals surface area contributed by atoms with E-state index in [0.717, 1.165) is 0 Å². The van der Waals surface area contributed by atoms with Crippen LogP contribution in [0.1, 0.15) is 31.1 Å². The molecule has 0 bridgehead atoms. The number of hydrogen-bond acceptors (Lipinski definition) is 3. The average molecular weight is 247 g/mol. The van der Waals surface area contributed by atoms with Crippen LogP contribution >= 0.6 is 0 Å². The lowest BCUT2D eigenvalue weighted by molar-refractivity contribution is 0.00631. The molecule has 0 spiro atoms. The van der Waals surface area contributed by atoms with Crippen molar-refractivity contribution in [2.75, 3.05) is 5.73 Å². The summed E-state index contributed by atoms with van der Waals surface area (Å²) in [7, 11) is 0. The smallest absolute Gasteiger partial charge is 0.341 e. The van der Waals surface area contributed by atoms with E-state index in [-0.39, 0.29) is 0 Å². The lowest BCUT2D eigenvalue weighted by atomic mass is 10.1. The van der Waals surface area contributed by atoms with E-state index < -0.39 is 40.3 Å². The molecule has 0 atom stereocenters. The molecule has 17 heavy (non-hydrogen) atoms. The van der Waals surface area contributed by atoms with Gasteiger partial charge in [-0.05, 0) is 26.8 Å². The molecule has 0 amide bonds. The maximum absolute atomic E-state index is 13.3. The Kier molecular flexibility index (Phi) is 3.35. The number of esters is 1. The van der Waals surface area contributed by atoms with Crippen LogP contribution in [0.3, 0.4) is 0 Å². The summed E-state index contributed by atoms with van der Waals surface area (Å²) in [6.07, 6.45) is 0. The Morgan fingerprint density at radius 2 is 1.76 bits per heavy atom. The van der Waals surface area contributed by atoms with Crippen LogP contribution in [0.4, 0.5) is 18.9 Å². The fourth-order valence-corrected chi connectivity index (χ4v) is 1.09. The van der Waals surface area contributed by atoms with E-state index in [1.165, 1.54) is 0 Å². The molecule has 0 fully saturated rings. The first-order valence-corrected chi connectivity index (χ1v) is 4.80. The van der Waals surface area contributed by atoms with Crippen molar-refractivity contribution >= 4 is 11.7 Å². The summed E-state index contributed by atoms with van der Waals surface area (Å²) < 4.78 is 44.3. The third kappa shape index (κ3) is 2.89. The molecule has 0 saturated heterocycles. The van der Waals surface area contributed by atoms with Gasteiger partial charge in [0.15, 0.2) is 11.6 Å². The largest absolute Gasteiger partial charge is 0.456 e. The standard InChI is InChI=1S/C11H12F3NO2/c1-11(2,3)17-10(16)5-4-6(12)9(15)8(14)7(5)13/h4H,15H2,1-3H3. The number of halogens is 3. The zero-order valence-corrected chi connectivity index (χ0v) is 9.61. The van der Waals surface area contributed by atoms with E-state index in [4.69, 9.17) is 10.5 Å². The molecule has 0 radical (unpaired) electrons. The van der Waals surface area contributed by atoms with Crippen molar-refractivity contribution in [1.82, 2.24) is 0 Å². The number of benzene rings is 1. The molecule has 1 aromatic carbocycles. The molecule has 6 heteroatoms. The van der Waals surface area contributed by atoms with Crippen molar-refractivity contribution in [1.29, 1.82) is 0 Å². The number of carbonyl (C=O) groups excluding carboxylic acids is 1. The summed E-state index contributed by atoms with van der Waals surface area (Å²) in [5, 5.41) is 0. The van der Waals surface area contributed by atoms with Gasteiger partial charge in [0.25, 0.3) is 0 Å². The van der Waals surface area contributed by atoms with Gasteiger partial charge in [0, 0.05) is 0 Å². The van der Waals surface area contributed by atoms with Crippen LogP contribution in [-0.2, 0) is 4.74 Å². The van der Waals surface area contributed by atoms with Crippen LogP contribution in [-0.4, -0.2) is 11.6 Å². The van der Waals surface area contributed by atoms with Gasteiger partial charge in [0.1, 0.15) is 22.7 Å². The second-order valence-electron chi connectivity index (χ2n) is 4.45. The number of nitrogen functional groups attached to an aromatic ring is 1. The molecular weight excluding hydrogens is 235 g/mol. The summed E-state index contributed by atoms with van der Waals surface area (Å²) in [6.45, 7) is 4.65. The Morgan fingerprint density at radius 1 is 1.24 bits per heavy atom. The summed E-state index contributed by atoms with van der Waals surface area (Å²) in [5.41, 5.74) is 2.27. The highest BCUT2D eigenvalue weighted by Gasteiger charge is 2.25. The predicted molar refractivity (Wildman–Crippen MR) is 55.9 cm³/mol. The molecule has 0 aliphatic heterocycles. The highest BCUT2D eigenvalue weighted by Crippen LogP contribution is 2.23. The number of ether oxygens (including phenoxy) is 1. The van der Waals surface area contributed by atoms with Crippen molar-refractivity contribution in [2.24, 2.45) is 0 Å². The van der Waals surface area contributed by atoms with Gasteiger partial charge in [-0.15, -0.1) is 0 Å². The zero-order valence-electron chi connectivity index (χ0n) is 9.61. The Morgan fingerprint density at radius 3 is 2.24 bits per heavy atom. The average Bonchev–Trinajstić information content (AvgIpc) is 2.17. The minimum Gasteiger partial charge on any atom is -0.456 e. The first kappa shape index (κ1) is 13.3. The maximum atomic E-state index is 13.3. The minimum absolute atomic E-state index is 0.516. The van der Waals surface area contributed by atoms with Crippen molar-refractivity contribution in [3.05, 3.63) is 29.1 Å². The SMILES string of the molecule is CC(C)(C)OC(=O)c1cc(F)c(N)c(F)c1F. The fraction of sp³-hybridized carbons (Fsp3) is 0.364. The molecule has 1 aromatic rings. The number of rotatable bonds is 1. The molecule has 94 valence electrons. The van der Waals surface area contributed by atoms with Gasteiger partial charge in [-0.2, -0.15) is 0 Å². The highest BCUT2D eigenvalue weighted by molar-refractivity contribution is 5.90. The van der Waals surface area contributed by atoms with Crippen LogP contribution in [0, 0.1) is 17.5 Å². The van der Waals surface area contributed by atoms with Crippen LogP contribution in [0.5, 0.6) is 0 Å². The van der Waals surface area contributed by atoms with E-state index in [1.807, 2.05) is 0 Å². The Bertz CT molecular complexity index is 467. The number of nitrogens with two attached hydrogens (primary N) is 1. The van der Waals surface area contributed by atoms with Crippen LogP contribution in [0.15, 0.2) is 6.07 Å². The molecule has 0 aliphatic rings. The van der Waals surface area contributed by atoms with Gasteiger partial charge in [0.2, 0.25) is 0 Å². The Hall–Kier alpha value is -1.72. The van der Waals surface area contributed by atoms with Crippen molar-refractivity contribution in [2.45, 2.75) is 26.4 Å².